The fourth-order valence-corrected chi connectivity index (χ4v) is 7.23. The minimum absolute atomic E-state index is 0.0569. The Morgan fingerprint density at radius 3 is 2.63 bits per heavy atom. The molecule has 4 heteroatoms. The number of aliphatic hydroxyl groups is 1. The van der Waals surface area contributed by atoms with Crippen LogP contribution >= 0.6 is 0 Å². The molecular formula is C23H38O4. The molecule has 0 saturated heterocycles. The second-order valence-corrected chi connectivity index (χ2v) is 9.92. The van der Waals surface area contributed by atoms with E-state index >= 15 is 0 Å². The number of aliphatic hydroxyl groups excluding tert-OH is 1. The summed E-state index contributed by atoms with van der Waals surface area (Å²) in [6.45, 7) is 6.64. The average molecular weight is 379 g/mol. The molecule has 27 heavy (non-hydrogen) atoms. The summed E-state index contributed by atoms with van der Waals surface area (Å²) in [6.07, 6.45) is 8.66. The molecule has 4 nitrogen and oxygen atoms in total. The van der Waals surface area contributed by atoms with Crippen molar-refractivity contribution in [3.63, 3.8) is 0 Å². The summed E-state index contributed by atoms with van der Waals surface area (Å²) in [5, 5.41) is 10.9. The Morgan fingerprint density at radius 2 is 1.96 bits per heavy atom. The summed E-state index contributed by atoms with van der Waals surface area (Å²) >= 11 is 0. The van der Waals surface area contributed by atoms with Crippen molar-refractivity contribution in [1.82, 2.24) is 0 Å². The number of methoxy groups -OCH3 is 1. The van der Waals surface area contributed by atoms with E-state index in [1.807, 2.05) is 0 Å². The van der Waals surface area contributed by atoms with E-state index in [0.29, 0.717) is 30.0 Å². The predicted molar refractivity (Wildman–Crippen MR) is 105 cm³/mol. The number of carbonyl (C=O) groups is 2. The van der Waals surface area contributed by atoms with Crippen LogP contribution in [0.15, 0.2) is 0 Å². The molecule has 0 spiro atoms. The van der Waals surface area contributed by atoms with Gasteiger partial charge in [-0.3, -0.25) is 9.59 Å². The van der Waals surface area contributed by atoms with Crippen LogP contribution in [0.2, 0.25) is 0 Å². The average Bonchev–Trinajstić information content (AvgIpc) is 2.95. The zero-order valence-corrected chi connectivity index (χ0v) is 17.6. The summed E-state index contributed by atoms with van der Waals surface area (Å²) in [7, 11) is 1.45. The van der Waals surface area contributed by atoms with Crippen LogP contribution in [0.5, 0.6) is 0 Å². The molecule has 3 rings (SSSR count). The fourth-order valence-electron chi connectivity index (χ4n) is 7.23. The van der Waals surface area contributed by atoms with Gasteiger partial charge in [0.1, 0.15) is 5.78 Å². The van der Waals surface area contributed by atoms with Crippen LogP contribution < -0.4 is 0 Å². The van der Waals surface area contributed by atoms with Crippen molar-refractivity contribution in [2.24, 2.45) is 34.5 Å². The molecule has 3 saturated carbocycles. The Kier molecular flexibility index (Phi) is 6.05. The van der Waals surface area contributed by atoms with Gasteiger partial charge in [0.15, 0.2) is 0 Å². The molecule has 1 N–H and O–H groups in total. The maximum absolute atomic E-state index is 12.6. The van der Waals surface area contributed by atoms with Crippen LogP contribution in [-0.4, -0.2) is 30.1 Å². The van der Waals surface area contributed by atoms with Crippen LogP contribution in [0.3, 0.4) is 0 Å². The van der Waals surface area contributed by atoms with Crippen molar-refractivity contribution < 1.29 is 19.4 Å². The van der Waals surface area contributed by atoms with Crippen LogP contribution in [-0.2, 0) is 14.3 Å². The third kappa shape index (κ3) is 3.47. The van der Waals surface area contributed by atoms with E-state index in [-0.39, 0.29) is 28.8 Å². The smallest absolute Gasteiger partial charge is 0.305 e. The van der Waals surface area contributed by atoms with Gasteiger partial charge >= 0.3 is 5.97 Å². The van der Waals surface area contributed by atoms with Gasteiger partial charge < -0.3 is 9.84 Å². The summed E-state index contributed by atoms with van der Waals surface area (Å²) < 4.78 is 4.92. The highest BCUT2D eigenvalue weighted by Gasteiger charge is 2.60. The van der Waals surface area contributed by atoms with E-state index in [2.05, 4.69) is 20.8 Å². The molecule has 0 radical (unpaired) electrons. The lowest BCUT2D eigenvalue weighted by Gasteiger charge is -2.59. The van der Waals surface area contributed by atoms with Gasteiger partial charge in [-0.2, -0.15) is 0 Å². The lowest BCUT2D eigenvalue weighted by Crippen LogP contribution is -2.54. The fraction of sp³-hybridized carbons (Fsp3) is 0.913. The van der Waals surface area contributed by atoms with Crippen LogP contribution in [0.1, 0.15) is 85.0 Å². The number of carbonyl (C=O) groups excluding carboxylic acids is 2. The first-order chi connectivity index (χ1) is 12.8. The maximum Gasteiger partial charge on any atom is 0.305 e. The van der Waals surface area contributed by atoms with Crippen molar-refractivity contribution in [3.05, 3.63) is 0 Å². The van der Waals surface area contributed by atoms with Crippen LogP contribution in [0.4, 0.5) is 0 Å². The SMILES string of the molecule is CCCC(O)C1CCC2C3CCC(=O)C3(C)CCC2C1(C)CCC(=O)OC. The molecule has 7 unspecified atom stereocenters. The Labute approximate surface area is 164 Å². The van der Waals surface area contributed by atoms with Crippen molar-refractivity contribution in [2.75, 3.05) is 7.11 Å². The number of ketones is 1. The van der Waals surface area contributed by atoms with Crippen LogP contribution in [0, 0.1) is 34.5 Å². The van der Waals surface area contributed by atoms with Gasteiger partial charge in [-0.25, -0.2) is 0 Å². The molecule has 0 aromatic carbocycles. The van der Waals surface area contributed by atoms with Gasteiger partial charge in [-0.05, 0) is 74.0 Å². The van der Waals surface area contributed by atoms with E-state index in [0.717, 1.165) is 57.8 Å². The Hall–Kier alpha value is -0.900. The Morgan fingerprint density at radius 1 is 1.22 bits per heavy atom. The van der Waals surface area contributed by atoms with Crippen molar-refractivity contribution in [3.8, 4) is 0 Å². The number of rotatable bonds is 6. The minimum Gasteiger partial charge on any atom is -0.469 e. The first kappa shape index (κ1) is 20.8. The van der Waals surface area contributed by atoms with Gasteiger partial charge in [-0.1, -0.05) is 27.2 Å². The Balaban J connectivity index is 1.88. The van der Waals surface area contributed by atoms with Crippen molar-refractivity contribution >= 4 is 11.8 Å². The van der Waals surface area contributed by atoms with E-state index in [1.54, 1.807) is 0 Å². The molecule has 3 fully saturated rings. The monoisotopic (exact) mass is 378 g/mol. The standard InChI is InChI=1S/C23H38O4/c1-5-6-19(24)18-8-7-15-16-9-10-20(25)23(16,3)13-11-17(15)22(18,2)14-12-21(26)27-4/h15-19,24H,5-14H2,1-4H3. The zero-order valence-electron chi connectivity index (χ0n) is 17.6. The lowest BCUT2D eigenvalue weighted by atomic mass is 9.46. The van der Waals surface area contributed by atoms with Crippen molar-refractivity contribution in [2.45, 2.75) is 91.1 Å². The highest BCUT2D eigenvalue weighted by Crippen LogP contribution is 2.64. The summed E-state index contributed by atoms with van der Waals surface area (Å²) in [5.74, 6) is 2.10. The quantitative estimate of drug-likeness (QED) is 0.690. The lowest BCUT2D eigenvalue weighted by molar-refractivity contribution is -0.150. The Bertz CT molecular complexity index is 573. The molecule has 0 amide bonds. The summed E-state index contributed by atoms with van der Waals surface area (Å²) in [6, 6.07) is 0. The molecule has 0 bridgehead atoms. The van der Waals surface area contributed by atoms with Gasteiger partial charge in [0.05, 0.1) is 13.2 Å². The molecule has 0 aromatic rings. The van der Waals surface area contributed by atoms with Gasteiger partial charge in [0.25, 0.3) is 0 Å². The molecule has 154 valence electrons. The number of hydrogen-bond acceptors (Lipinski definition) is 4. The predicted octanol–water partition coefficient (Wildman–Crippen LogP) is 4.53. The molecular weight excluding hydrogens is 340 g/mol. The van der Waals surface area contributed by atoms with Gasteiger partial charge in [0, 0.05) is 18.3 Å². The number of fused-ring (bicyclic) bond motifs is 3. The maximum atomic E-state index is 12.6. The van der Waals surface area contributed by atoms with Crippen LogP contribution in [0.25, 0.3) is 0 Å². The second kappa shape index (κ2) is 7.85. The van der Waals surface area contributed by atoms with Crippen molar-refractivity contribution in [1.29, 1.82) is 0 Å². The molecule has 3 aliphatic carbocycles. The van der Waals surface area contributed by atoms with Gasteiger partial charge in [-0.15, -0.1) is 0 Å². The summed E-state index contributed by atoms with van der Waals surface area (Å²) in [5.41, 5.74) is -0.183. The number of esters is 1. The second-order valence-electron chi connectivity index (χ2n) is 9.92. The number of hydrogen-bond donors (Lipinski definition) is 1. The largest absolute Gasteiger partial charge is 0.469 e. The molecule has 0 aromatic heterocycles. The van der Waals surface area contributed by atoms with E-state index in [1.165, 1.54) is 7.11 Å². The topological polar surface area (TPSA) is 63.6 Å². The number of ether oxygens (including phenoxy) is 1. The van der Waals surface area contributed by atoms with E-state index < -0.39 is 0 Å². The first-order valence-electron chi connectivity index (χ1n) is 11.1. The molecule has 0 heterocycles. The molecule has 0 aliphatic heterocycles. The third-order valence-electron chi connectivity index (χ3n) is 8.80. The third-order valence-corrected chi connectivity index (χ3v) is 8.80. The highest BCUT2D eigenvalue weighted by atomic mass is 16.5. The molecule has 3 aliphatic rings. The van der Waals surface area contributed by atoms with E-state index in [4.69, 9.17) is 4.74 Å². The minimum atomic E-state index is -0.294. The highest BCUT2D eigenvalue weighted by molar-refractivity contribution is 5.87. The van der Waals surface area contributed by atoms with E-state index in [9.17, 15) is 14.7 Å². The summed E-state index contributed by atoms with van der Waals surface area (Å²) in [4.78, 5) is 24.5. The normalized spacial score (nSPS) is 42.3. The zero-order chi connectivity index (χ0) is 19.8. The van der Waals surface area contributed by atoms with Gasteiger partial charge in [0.2, 0.25) is 0 Å². The number of Topliss-reactive ketones (excluding diaryl/α,β-unsaturated/α-hetero) is 1. The molecule has 7 atom stereocenters. The first-order valence-corrected chi connectivity index (χ1v) is 11.1.